The minimum atomic E-state index is 0. The Morgan fingerprint density at radius 2 is 1.60 bits per heavy atom. The number of benzene rings is 1. The average Bonchev–Trinajstić information content (AvgIpc) is 2.13. The van der Waals surface area contributed by atoms with Crippen molar-refractivity contribution in [2.75, 3.05) is 14.2 Å². The van der Waals surface area contributed by atoms with Crippen molar-refractivity contribution in [1.82, 2.24) is 5.64 Å². The molecule has 0 spiro atoms. The van der Waals surface area contributed by atoms with Crippen molar-refractivity contribution in [2.45, 2.75) is 14.4 Å². The summed E-state index contributed by atoms with van der Waals surface area (Å²) in [6.07, 6.45) is 4.27. The van der Waals surface area contributed by atoms with Gasteiger partial charge in [-0.05, 0) is 18.1 Å². The van der Waals surface area contributed by atoms with Gasteiger partial charge in [0.25, 0.3) is 0 Å². The lowest BCUT2D eigenvalue weighted by molar-refractivity contribution is -0.130. The van der Waals surface area contributed by atoms with Gasteiger partial charge in [-0.15, -0.1) is 0 Å². The Morgan fingerprint density at radius 3 is 1.87 bits per heavy atom. The van der Waals surface area contributed by atoms with Crippen LogP contribution >= 0.6 is 0 Å². The number of rotatable bonds is 2. The zero-order valence-corrected chi connectivity index (χ0v) is 8.70. The van der Waals surface area contributed by atoms with E-state index in [1.807, 2.05) is 0 Å². The van der Waals surface area contributed by atoms with Crippen LogP contribution in [-0.2, 0) is 9.68 Å². The Hall–Kier alpha value is -1.16. The van der Waals surface area contributed by atoms with E-state index in [9.17, 15) is 0 Å². The summed E-state index contributed by atoms with van der Waals surface area (Å²) < 4.78 is 0. The first-order chi connectivity index (χ1) is 6.77. The molecule has 0 radical (unpaired) electrons. The van der Waals surface area contributed by atoms with Gasteiger partial charge in [-0.3, -0.25) is 9.68 Å². The lowest BCUT2D eigenvalue weighted by Crippen LogP contribution is -2.07. The molecule has 0 aromatic heterocycles. The van der Waals surface area contributed by atoms with Gasteiger partial charge in [0.1, 0.15) is 0 Å². The van der Waals surface area contributed by atoms with Crippen molar-refractivity contribution < 1.29 is 9.68 Å². The molecule has 0 amide bonds. The summed E-state index contributed by atoms with van der Waals surface area (Å²) >= 11 is 0. The summed E-state index contributed by atoms with van der Waals surface area (Å²) in [6.45, 7) is 2.12. The second kappa shape index (κ2) is 7.17. The molecule has 1 aliphatic carbocycles. The number of fused-ring (bicyclic) bond motifs is 1. The smallest absolute Gasteiger partial charge is 0.0599 e. The first kappa shape index (κ1) is 13.8. The fourth-order valence-corrected chi connectivity index (χ4v) is 1.16. The highest BCUT2D eigenvalue weighted by Gasteiger charge is 2.02. The highest BCUT2D eigenvalue weighted by molar-refractivity contribution is 5.85. The Morgan fingerprint density at radius 1 is 1.00 bits per heavy atom. The van der Waals surface area contributed by atoms with E-state index in [2.05, 4.69) is 52.6 Å². The second-order valence-electron chi connectivity index (χ2n) is 2.96. The molecule has 84 valence electrons. The maximum absolute atomic E-state index is 4.22. The molecule has 3 heteroatoms. The largest absolute Gasteiger partial charge is 0.280 e. The van der Waals surface area contributed by atoms with E-state index in [1.165, 1.54) is 30.9 Å². The first-order valence-electron chi connectivity index (χ1n) is 4.37. The van der Waals surface area contributed by atoms with Crippen molar-refractivity contribution in [3.63, 3.8) is 0 Å². The Balaban J connectivity index is 0.000000289. The molecule has 1 aliphatic rings. The number of aryl methyl sites for hydroxylation is 1. The summed E-state index contributed by atoms with van der Waals surface area (Å²) in [4.78, 5) is 8.44. The first-order valence-corrected chi connectivity index (χ1v) is 4.37. The zero-order chi connectivity index (χ0) is 10.4. The maximum Gasteiger partial charge on any atom is 0.0599 e. The number of nitrogens with one attached hydrogen (secondary N) is 1. The molecule has 1 aromatic carbocycles. The molecular weight excluding hydrogens is 190 g/mol. The van der Waals surface area contributed by atoms with Crippen LogP contribution in [0.5, 0.6) is 0 Å². The molecule has 0 atom stereocenters. The van der Waals surface area contributed by atoms with E-state index in [1.54, 1.807) is 0 Å². The van der Waals surface area contributed by atoms with Crippen LogP contribution in [0.15, 0.2) is 18.2 Å². The molecule has 0 saturated heterocycles. The highest BCUT2D eigenvalue weighted by atomic mass is 16.9. The van der Waals surface area contributed by atoms with Crippen LogP contribution in [0.25, 0.3) is 12.2 Å². The van der Waals surface area contributed by atoms with Crippen molar-refractivity contribution in [3.05, 3.63) is 34.9 Å². The maximum atomic E-state index is 4.22. The predicted octanol–water partition coefficient (Wildman–Crippen LogP) is 2.81. The van der Waals surface area contributed by atoms with Gasteiger partial charge in [0.05, 0.1) is 14.2 Å². The van der Waals surface area contributed by atoms with Crippen LogP contribution in [0.4, 0.5) is 0 Å². The minimum Gasteiger partial charge on any atom is -0.280 e. The molecule has 0 unspecified atom stereocenters. The van der Waals surface area contributed by atoms with Crippen LogP contribution in [0.2, 0.25) is 0 Å². The van der Waals surface area contributed by atoms with E-state index < -0.39 is 0 Å². The summed E-state index contributed by atoms with van der Waals surface area (Å²) in [5, 5.41) is 0. The summed E-state index contributed by atoms with van der Waals surface area (Å²) in [6, 6.07) is 6.50. The van der Waals surface area contributed by atoms with E-state index >= 15 is 0 Å². The van der Waals surface area contributed by atoms with E-state index in [-0.39, 0.29) is 7.43 Å². The van der Waals surface area contributed by atoms with E-state index in [0.29, 0.717) is 0 Å². The molecule has 1 N–H and O–H groups in total. The molecule has 0 heterocycles. The zero-order valence-electron chi connectivity index (χ0n) is 8.70. The monoisotopic (exact) mass is 209 g/mol. The summed E-state index contributed by atoms with van der Waals surface area (Å²) in [7, 11) is 2.95. The van der Waals surface area contributed by atoms with Gasteiger partial charge in [-0.1, -0.05) is 49.0 Å². The lowest BCUT2D eigenvalue weighted by Gasteiger charge is -2.09. The molecule has 2 rings (SSSR count). The van der Waals surface area contributed by atoms with Gasteiger partial charge in [-0.25, -0.2) is 0 Å². The van der Waals surface area contributed by atoms with Crippen LogP contribution in [0, 0.1) is 6.92 Å². The van der Waals surface area contributed by atoms with Crippen molar-refractivity contribution in [2.24, 2.45) is 0 Å². The van der Waals surface area contributed by atoms with E-state index in [4.69, 9.17) is 0 Å². The van der Waals surface area contributed by atoms with E-state index in [0.717, 1.165) is 0 Å². The van der Waals surface area contributed by atoms with Crippen LogP contribution < -0.4 is 5.64 Å². The SMILES string of the molecule is C.CONOC.Cc1ccc2c(c1)C=C2. The molecular formula is C12H19NO2. The summed E-state index contributed by atoms with van der Waals surface area (Å²) in [5.74, 6) is 0. The molecule has 0 fully saturated rings. The Bertz CT molecular complexity index is 319. The van der Waals surface area contributed by atoms with Crippen molar-refractivity contribution >= 4 is 12.2 Å². The second-order valence-corrected chi connectivity index (χ2v) is 2.96. The predicted molar refractivity (Wildman–Crippen MR) is 64.0 cm³/mol. The van der Waals surface area contributed by atoms with Gasteiger partial charge < -0.3 is 0 Å². The molecule has 0 aliphatic heterocycles. The molecule has 0 saturated carbocycles. The topological polar surface area (TPSA) is 30.5 Å². The third-order valence-electron chi connectivity index (χ3n) is 1.85. The number of hydrogen-bond acceptors (Lipinski definition) is 3. The number of hydrogen-bond donors (Lipinski definition) is 1. The normalized spacial score (nSPS) is 10.3. The Kier molecular flexibility index (Phi) is 6.62. The lowest BCUT2D eigenvalue weighted by atomic mass is 9.96. The van der Waals surface area contributed by atoms with Crippen LogP contribution in [0.3, 0.4) is 0 Å². The van der Waals surface area contributed by atoms with Gasteiger partial charge in [0, 0.05) is 0 Å². The third kappa shape index (κ3) is 4.25. The fourth-order valence-electron chi connectivity index (χ4n) is 1.16. The van der Waals surface area contributed by atoms with Crippen LogP contribution in [0.1, 0.15) is 24.1 Å². The average molecular weight is 209 g/mol. The molecule has 3 nitrogen and oxygen atoms in total. The van der Waals surface area contributed by atoms with Crippen LogP contribution in [-0.4, -0.2) is 14.2 Å². The Labute approximate surface area is 91.6 Å². The quantitative estimate of drug-likeness (QED) is 0.771. The van der Waals surface area contributed by atoms with Crippen molar-refractivity contribution in [1.29, 1.82) is 0 Å². The fraction of sp³-hybridized carbons (Fsp3) is 0.333. The van der Waals surface area contributed by atoms with Gasteiger partial charge >= 0.3 is 0 Å². The molecule has 15 heavy (non-hydrogen) atoms. The standard InChI is InChI=1S/C9H8.C2H7NO2.CH4/c1-7-2-3-8-4-5-9(8)6-7;1-4-3-5-2;/h2-6H,1H3;3H,1-2H3;1H4. The van der Waals surface area contributed by atoms with Gasteiger partial charge in [-0.2, -0.15) is 0 Å². The molecule has 0 bridgehead atoms. The van der Waals surface area contributed by atoms with Gasteiger partial charge in [0.15, 0.2) is 0 Å². The third-order valence-corrected chi connectivity index (χ3v) is 1.85. The van der Waals surface area contributed by atoms with Gasteiger partial charge in [0.2, 0.25) is 0 Å². The summed E-state index contributed by atoms with van der Waals surface area (Å²) in [5.41, 5.74) is 6.22. The van der Waals surface area contributed by atoms with Crippen molar-refractivity contribution in [3.8, 4) is 0 Å². The minimum absolute atomic E-state index is 0. The highest BCUT2D eigenvalue weighted by Crippen LogP contribution is 2.23. The molecule has 1 aromatic rings.